The fourth-order valence-corrected chi connectivity index (χ4v) is 2.16. The fraction of sp³-hybridized carbons (Fsp3) is 0.600. The third-order valence-corrected chi connectivity index (χ3v) is 3.73. The van der Waals surface area contributed by atoms with Crippen LogP contribution >= 0.6 is 0 Å². The van der Waals surface area contributed by atoms with Crippen molar-refractivity contribution >= 4 is 5.69 Å². The number of aryl methyl sites for hydroxylation is 1. The van der Waals surface area contributed by atoms with Crippen LogP contribution in [0.1, 0.15) is 38.8 Å². The molecule has 0 aliphatic rings. The number of benzene rings is 1. The molecule has 0 heterocycles. The van der Waals surface area contributed by atoms with Gasteiger partial charge in [-0.1, -0.05) is 39.0 Å². The van der Waals surface area contributed by atoms with E-state index >= 15 is 0 Å². The Morgan fingerprint density at radius 3 is 2.35 bits per heavy atom. The van der Waals surface area contributed by atoms with Gasteiger partial charge in [0.15, 0.2) is 0 Å². The summed E-state index contributed by atoms with van der Waals surface area (Å²) in [6.07, 6.45) is 0. The molecule has 1 aromatic rings. The van der Waals surface area contributed by atoms with E-state index in [2.05, 4.69) is 64.8 Å². The van der Waals surface area contributed by atoms with E-state index < -0.39 is 0 Å². The van der Waals surface area contributed by atoms with Crippen LogP contribution in [0.4, 0.5) is 5.69 Å². The molecule has 0 spiro atoms. The normalized spacial score (nSPS) is 13.6. The molecule has 0 amide bonds. The highest BCUT2D eigenvalue weighted by molar-refractivity contribution is 5.59. The van der Waals surface area contributed by atoms with Gasteiger partial charge in [-0.2, -0.15) is 0 Å². The van der Waals surface area contributed by atoms with E-state index in [1.54, 1.807) is 0 Å². The zero-order valence-electron chi connectivity index (χ0n) is 12.0. The van der Waals surface area contributed by atoms with Gasteiger partial charge in [0.05, 0.1) is 0 Å². The third-order valence-electron chi connectivity index (χ3n) is 3.73. The van der Waals surface area contributed by atoms with Gasteiger partial charge in [-0.25, -0.2) is 0 Å². The average molecular weight is 234 g/mol. The van der Waals surface area contributed by atoms with E-state index in [0.29, 0.717) is 12.6 Å². The van der Waals surface area contributed by atoms with E-state index in [1.807, 2.05) is 0 Å². The Kier molecular flexibility index (Phi) is 4.21. The van der Waals surface area contributed by atoms with E-state index in [4.69, 9.17) is 5.73 Å². The minimum absolute atomic E-state index is 0.253. The van der Waals surface area contributed by atoms with Crippen molar-refractivity contribution in [1.82, 2.24) is 0 Å². The number of anilines is 1. The quantitative estimate of drug-likeness (QED) is 0.869. The summed E-state index contributed by atoms with van der Waals surface area (Å²) in [5.74, 6) is 0. The molecule has 2 nitrogen and oxygen atoms in total. The number of para-hydroxylation sites is 1. The van der Waals surface area contributed by atoms with Gasteiger partial charge in [0.1, 0.15) is 0 Å². The van der Waals surface area contributed by atoms with Crippen molar-refractivity contribution in [3.05, 3.63) is 29.3 Å². The minimum Gasteiger partial charge on any atom is -0.371 e. The molecular formula is C15H26N2. The molecule has 0 saturated carbocycles. The van der Waals surface area contributed by atoms with E-state index in [-0.39, 0.29) is 5.41 Å². The lowest BCUT2D eigenvalue weighted by Crippen LogP contribution is -2.40. The molecule has 1 aromatic carbocycles. The van der Waals surface area contributed by atoms with Crippen molar-refractivity contribution in [2.75, 3.05) is 11.9 Å². The first kappa shape index (κ1) is 14.0. The van der Waals surface area contributed by atoms with Crippen molar-refractivity contribution in [3.8, 4) is 0 Å². The molecule has 96 valence electrons. The highest BCUT2D eigenvalue weighted by Crippen LogP contribution is 2.31. The molecule has 0 radical (unpaired) electrons. The standard InChI is InChI=1S/C15H26N2/c1-11-8-7-9-13(10-16)14(11)17(6)12(2)15(3,4)5/h7-9,12H,10,16H2,1-6H3. The number of hydrogen-bond acceptors (Lipinski definition) is 2. The lowest BCUT2D eigenvalue weighted by atomic mass is 9.86. The predicted octanol–water partition coefficient (Wildman–Crippen LogP) is 3.32. The van der Waals surface area contributed by atoms with Crippen LogP contribution in [-0.4, -0.2) is 13.1 Å². The molecule has 0 aliphatic heterocycles. The molecule has 1 unspecified atom stereocenters. The van der Waals surface area contributed by atoms with Gasteiger partial charge < -0.3 is 10.6 Å². The fourth-order valence-electron chi connectivity index (χ4n) is 2.16. The van der Waals surface area contributed by atoms with Gasteiger partial charge in [-0.3, -0.25) is 0 Å². The van der Waals surface area contributed by atoms with Crippen molar-refractivity contribution < 1.29 is 0 Å². The van der Waals surface area contributed by atoms with Gasteiger partial charge in [0.25, 0.3) is 0 Å². The van der Waals surface area contributed by atoms with Crippen LogP contribution in [0.15, 0.2) is 18.2 Å². The summed E-state index contributed by atoms with van der Waals surface area (Å²) in [5, 5.41) is 0. The van der Waals surface area contributed by atoms with Gasteiger partial charge in [-0.05, 0) is 30.4 Å². The summed E-state index contributed by atoms with van der Waals surface area (Å²) in [6.45, 7) is 11.8. The van der Waals surface area contributed by atoms with Crippen LogP contribution in [0.25, 0.3) is 0 Å². The van der Waals surface area contributed by atoms with Crippen LogP contribution < -0.4 is 10.6 Å². The topological polar surface area (TPSA) is 29.3 Å². The van der Waals surface area contributed by atoms with Crippen LogP contribution in [0.3, 0.4) is 0 Å². The first-order chi connectivity index (χ1) is 7.79. The summed E-state index contributed by atoms with van der Waals surface area (Å²) in [6, 6.07) is 6.82. The van der Waals surface area contributed by atoms with Crippen molar-refractivity contribution in [2.24, 2.45) is 11.1 Å². The van der Waals surface area contributed by atoms with Gasteiger partial charge in [-0.15, -0.1) is 0 Å². The largest absolute Gasteiger partial charge is 0.371 e. The molecular weight excluding hydrogens is 208 g/mol. The number of nitrogens with two attached hydrogens (primary N) is 1. The van der Waals surface area contributed by atoms with Crippen LogP contribution in [0.2, 0.25) is 0 Å². The Bertz CT molecular complexity index is 377. The number of nitrogens with zero attached hydrogens (tertiary/aromatic N) is 1. The molecule has 2 N–H and O–H groups in total. The molecule has 17 heavy (non-hydrogen) atoms. The lowest BCUT2D eigenvalue weighted by Gasteiger charge is -2.38. The molecule has 0 aromatic heterocycles. The molecule has 1 rings (SSSR count). The maximum Gasteiger partial charge on any atom is 0.0441 e. The van der Waals surface area contributed by atoms with Crippen molar-refractivity contribution in [1.29, 1.82) is 0 Å². The molecule has 1 atom stereocenters. The van der Waals surface area contributed by atoms with Gasteiger partial charge in [0, 0.05) is 25.3 Å². The lowest BCUT2D eigenvalue weighted by molar-refractivity contribution is 0.329. The average Bonchev–Trinajstić information content (AvgIpc) is 2.25. The van der Waals surface area contributed by atoms with E-state index in [1.165, 1.54) is 16.8 Å². The maximum absolute atomic E-state index is 5.84. The third kappa shape index (κ3) is 3.01. The smallest absolute Gasteiger partial charge is 0.0441 e. The van der Waals surface area contributed by atoms with Crippen LogP contribution in [0.5, 0.6) is 0 Å². The predicted molar refractivity (Wildman–Crippen MR) is 76.4 cm³/mol. The summed E-state index contributed by atoms with van der Waals surface area (Å²) in [5.41, 5.74) is 9.91. The van der Waals surface area contributed by atoms with E-state index in [9.17, 15) is 0 Å². The monoisotopic (exact) mass is 234 g/mol. The number of rotatable bonds is 3. The number of hydrogen-bond donors (Lipinski definition) is 1. The molecule has 0 aliphatic carbocycles. The molecule has 0 bridgehead atoms. The van der Waals surface area contributed by atoms with Crippen molar-refractivity contribution in [3.63, 3.8) is 0 Å². The van der Waals surface area contributed by atoms with Gasteiger partial charge in [0.2, 0.25) is 0 Å². The molecule has 2 heteroatoms. The van der Waals surface area contributed by atoms with Crippen molar-refractivity contribution in [2.45, 2.75) is 47.2 Å². The first-order valence-corrected chi connectivity index (χ1v) is 6.30. The van der Waals surface area contributed by atoms with E-state index in [0.717, 1.165) is 0 Å². The molecule has 0 fully saturated rings. The Morgan fingerprint density at radius 2 is 1.88 bits per heavy atom. The maximum atomic E-state index is 5.84. The molecule has 0 saturated heterocycles. The summed E-state index contributed by atoms with van der Waals surface area (Å²) >= 11 is 0. The second-order valence-corrected chi connectivity index (χ2v) is 5.94. The minimum atomic E-state index is 0.253. The highest BCUT2D eigenvalue weighted by atomic mass is 15.1. The summed E-state index contributed by atoms with van der Waals surface area (Å²) in [4.78, 5) is 2.36. The Balaban J connectivity index is 3.16. The first-order valence-electron chi connectivity index (χ1n) is 6.30. The van der Waals surface area contributed by atoms with Crippen LogP contribution in [0, 0.1) is 12.3 Å². The SMILES string of the molecule is Cc1cccc(CN)c1N(C)C(C)C(C)(C)C. The Hall–Kier alpha value is -1.02. The Morgan fingerprint density at radius 1 is 1.29 bits per heavy atom. The van der Waals surface area contributed by atoms with Crippen LogP contribution in [-0.2, 0) is 6.54 Å². The second-order valence-electron chi connectivity index (χ2n) is 5.94. The summed E-state index contributed by atoms with van der Waals surface area (Å²) in [7, 11) is 2.16. The zero-order valence-corrected chi connectivity index (χ0v) is 12.0. The zero-order chi connectivity index (χ0) is 13.2. The summed E-state index contributed by atoms with van der Waals surface area (Å²) < 4.78 is 0. The second kappa shape index (κ2) is 5.09. The Labute approximate surface area is 106 Å². The van der Waals surface area contributed by atoms with Gasteiger partial charge >= 0.3 is 0 Å². The highest BCUT2D eigenvalue weighted by Gasteiger charge is 2.25.